The van der Waals surface area contributed by atoms with Gasteiger partial charge in [0.05, 0.1) is 12.0 Å². The maximum atomic E-state index is 12.8. The maximum absolute atomic E-state index is 12.8. The Morgan fingerprint density at radius 1 is 1.48 bits per heavy atom. The van der Waals surface area contributed by atoms with E-state index in [-0.39, 0.29) is 12.0 Å². The van der Waals surface area contributed by atoms with Crippen LogP contribution in [-0.4, -0.2) is 51.8 Å². The van der Waals surface area contributed by atoms with E-state index >= 15 is 0 Å². The molecule has 0 aromatic carbocycles. The van der Waals surface area contributed by atoms with Crippen LogP contribution in [0.25, 0.3) is 0 Å². The van der Waals surface area contributed by atoms with Crippen molar-refractivity contribution in [2.45, 2.75) is 64.4 Å². The number of carbonyl (C=O) groups is 3. The fraction of sp³-hybridized carbons (Fsp3) is 0.650. The van der Waals surface area contributed by atoms with Gasteiger partial charge in [-0.3, -0.25) is 9.59 Å². The molecule has 7 nitrogen and oxygen atoms in total. The highest BCUT2D eigenvalue weighted by Gasteiger charge is 2.62. The van der Waals surface area contributed by atoms with Crippen LogP contribution < -0.4 is 0 Å². The highest BCUT2D eigenvalue weighted by molar-refractivity contribution is 5.98. The molecule has 1 saturated heterocycles. The number of hydrogen-bond acceptors (Lipinski definition) is 7. The quantitative estimate of drug-likeness (QED) is 0.547. The molecule has 7 atom stereocenters. The van der Waals surface area contributed by atoms with Gasteiger partial charge < -0.3 is 19.7 Å². The fourth-order valence-corrected chi connectivity index (χ4v) is 3.66. The first kappa shape index (κ1) is 21.3. The summed E-state index contributed by atoms with van der Waals surface area (Å²) < 4.78 is 10.9. The number of ether oxygens (including phenoxy) is 2. The summed E-state index contributed by atoms with van der Waals surface area (Å²) in [4.78, 5) is 37.3. The van der Waals surface area contributed by atoms with Crippen LogP contribution in [-0.2, 0) is 23.9 Å². The first-order chi connectivity index (χ1) is 12.6. The van der Waals surface area contributed by atoms with Crippen molar-refractivity contribution < 1.29 is 34.1 Å². The molecule has 7 unspecified atom stereocenters. The first-order valence-electron chi connectivity index (χ1n) is 9.27. The Hall–Kier alpha value is -1.99. The molecule has 1 saturated carbocycles. The molecule has 0 amide bonds. The van der Waals surface area contributed by atoms with Crippen molar-refractivity contribution in [2.75, 3.05) is 0 Å². The Morgan fingerprint density at radius 2 is 2.11 bits per heavy atom. The van der Waals surface area contributed by atoms with E-state index in [4.69, 9.17) is 9.47 Å². The molecule has 0 aromatic rings. The van der Waals surface area contributed by atoms with Gasteiger partial charge in [0.1, 0.15) is 6.10 Å². The molecule has 0 bridgehead atoms. The van der Waals surface area contributed by atoms with Gasteiger partial charge in [-0.1, -0.05) is 33.4 Å². The molecular formula is C20H28O7. The van der Waals surface area contributed by atoms with Crippen LogP contribution in [0.4, 0.5) is 0 Å². The number of ketones is 1. The molecule has 2 N–H and O–H groups in total. The fourth-order valence-electron chi connectivity index (χ4n) is 3.66. The zero-order valence-electron chi connectivity index (χ0n) is 16.2. The molecule has 1 heterocycles. The van der Waals surface area contributed by atoms with E-state index in [1.807, 2.05) is 6.92 Å². The third-order valence-corrected chi connectivity index (χ3v) is 5.82. The van der Waals surface area contributed by atoms with Crippen molar-refractivity contribution in [3.05, 3.63) is 24.3 Å². The number of aliphatic hydroxyl groups excluding tert-OH is 1. The summed E-state index contributed by atoms with van der Waals surface area (Å²) in [5, 5.41) is 22.0. The summed E-state index contributed by atoms with van der Waals surface area (Å²) in [6.07, 6.45) is -0.450. The monoisotopic (exact) mass is 380 g/mol. The van der Waals surface area contributed by atoms with E-state index in [0.29, 0.717) is 6.42 Å². The molecule has 1 aliphatic carbocycles. The van der Waals surface area contributed by atoms with Gasteiger partial charge in [0.15, 0.2) is 17.5 Å². The van der Waals surface area contributed by atoms with Crippen LogP contribution in [0.3, 0.4) is 0 Å². The normalized spacial score (nSPS) is 37.5. The van der Waals surface area contributed by atoms with E-state index in [0.717, 1.165) is 0 Å². The van der Waals surface area contributed by atoms with E-state index in [9.17, 15) is 24.6 Å². The molecule has 2 aliphatic rings. The van der Waals surface area contributed by atoms with Gasteiger partial charge in [0, 0.05) is 17.4 Å². The minimum Gasteiger partial charge on any atom is -0.455 e. The number of hydrogen-bond donors (Lipinski definition) is 2. The van der Waals surface area contributed by atoms with Crippen LogP contribution in [0.5, 0.6) is 0 Å². The molecule has 7 heteroatoms. The lowest BCUT2D eigenvalue weighted by atomic mass is 9.77. The Balaban J connectivity index is 2.58. The number of aliphatic hydroxyl groups is 2. The van der Waals surface area contributed by atoms with Crippen molar-refractivity contribution in [1.29, 1.82) is 0 Å². The van der Waals surface area contributed by atoms with Gasteiger partial charge in [-0.25, -0.2) is 4.79 Å². The second-order valence-corrected chi connectivity index (χ2v) is 7.45. The largest absolute Gasteiger partial charge is 0.455 e. The van der Waals surface area contributed by atoms with Gasteiger partial charge in [0.2, 0.25) is 0 Å². The second kappa shape index (κ2) is 7.94. The van der Waals surface area contributed by atoms with Gasteiger partial charge in [-0.2, -0.15) is 0 Å². The van der Waals surface area contributed by atoms with Crippen LogP contribution in [0.2, 0.25) is 0 Å². The predicted molar refractivity (Wildman–Crippen MR) is 96.4 cm³/mol. The van der Waals surface area contributed by atoms with Gasteiger partial charge >= 0.3 is 11.9 Å². The average molecular weight is 380 g/mol. The summed E-state index contributed by atoms with van der Waals surface area (Å²) in [5.74, 6) is -4.08. The SMILES string of the molecule is C=C1C(=O)OC2C1CC(O)C(C)C(O)(C(=O)/C=C/C)C2OC(=O)C(C)CC. The number of carbonyl (C=O) groups excluding carboxylic acids is 3. The smallest absolute Gasteiger partial charge is 0.334 e. The van der Waals surface area contributed by atoms with Crippen molar-refractivity contribution in [1.82, 2.24) is 0 Å². The van der Waals surface area contributed by atoms with E-state index < -0.39 is 59.4 Å². The summed E-state index contributed by atoms with van der Waals surface area (Å²) >= 11 is 0. The lowest BCUT2D eigenvalue weighted by molar-refractivity contribution is -0.200. The molecule has 0 aromatic heterocycles. The third kappa shape index (κ3) is 3.58. The summed E-state index contributed by atoms with van der Waals surface area (Å²) in [5.41, 5.74) is -2.10. The molecule has 2 rings (SSSR count). The van der Waals surface area contributed by atoms with Crippen LogP contribution in [0, 0.1) is 17.8 Å². The minimum absolute atomic E-state index is 0.0687. The Labute approximate surface area is 159 Å². The number of fused-ring (bicyclic) bond motifs is 1. The summed E-state index contributed by atoms with van der Waals surface area (Å²) in [6, 6.07) is 0. The highest BCUT2D eigenvalue weighted by Crippen LogP contribution is 2.45. The first-order valence-corrected chi connectivity index (χ1v) is 9.27. The van der Waals surface area contributed by atoms with Crippen molar-refractivity contribution in [3.8, 4) is 0 Å². The Kier molecular flexibility index (Phi) is 6.27. The summed E-state index contributed by atoms with van der Waals surface area (Å²) in [7, 11) is 0. The van der Waals surface area contributed by atoms with Crippen molar-refractivity contribution in [3.63, 3.8) is 0 Å². The number of allylic oxidation sites excluding steroid dienone is 1. The zero-order chi connectivity index (χ0) is 20.5. The van der Waals surface area contributed by atoms with Gasteiger partial charge in [-0.05, 0) is 25.8 Å². The average Bonchev–Trinajstić information content (AvgIpc) is 2.87. The minimum atomic E-state index is -2.24. The van der Waals surface area contributed by atoms with Crippen LogP contribution in [0.1, 0.15) is 40.5 Å². The van der Waals surface area contributed by atoms with Crippen molar-refractivity contribution in [2.24, 2.45) is 17.8 Å². The molecule has 27 heavy (non-hydrogen) atoms. The van der Waals surface area contributed by atoms with Gasteiger partial charge in [-0.15, -0.1) is 0 Å². The predicted octanol–water partition coefficient (Wildman–Crippen LogP) is 1.32. The maximum Gasteiger partial charge on any atom is 0.334 e. The second-order valence-electron chi connectivity index (χ2n) is 7.45. The van der Waals surface area contributed by atoms with Crippen LogP contribution >= 0.6 is 0 Å². The number of rotatable bonds is 5. The van der Waals surface area contributed by atoms with Gasteiger partial charge in [0.25, 0.3) is 0 Å². The highest BCUT2D eigenvalue weighted by atomic mass is 16.6. The molecule has 0 radical (unpaired) electrons. The Bertz CT molecular complexity index is 667. The number of esters is 2. The van der Waals surface area contributed by atoms with Crippen molar-refractivity contribution >= 4 is 17.7 Å². The standard InChI is InChI=1S/C20H28O7/c1-6-8-15(22)20(25)12(5)14(21)9-13-11(4)19(24)26-16(13)17(20)27-18(23)10(3)7-2/h6,8,10,12-14,16-17,21,25H,4,7,9H2,1-3,5H3/b8-6+. The Morgan fingerprint density at radius 3 is 2.67 bits per heavy atom. The van der Waals surface area contributed by atoms with E-state index in [1.54, 1.807) is 13.8 Å². The summed E-state index contributed by atoms with van der Waals surface area (Å²) in [6.45, 7) is 10.3. The molecule has 0 spiro atoms. The lowest BCUT2D eigenvalue weighted by Gasteiger charge is -2.39. The molecule has 1 aliphatic heterocycles. The molecule has 2 fully saturated rings. The van der Waals surface area contributed by atoms with E-state index in [2.05, 4.69) is 6.58 Å². The lowest BCUT2D eigenvalue weighted by Crippen LogP contribution is -2.61. The molecule has 150 valence electrons. The third-order valence-electron chi connectivity index (χ3n) is 5.82. The zero-order valence-corrected chi connectivity index (χ0v) is 16.2. The molecular weight excluding hydrogens is 352 g/mol. The van der Waals surface area contributed by atoms with E-state index in [1.165, 1.54) is 19.1 Å². The topological polar surface area (TPSA) is 110 Å². The van der Waals surface area contributed by atoms with Crippen LogP contribution in [0.15, 0.2) is 24.3 Å².